The summed E-state index contributed by atoms with van der Waals surface area (Å²) in [5.74, 6) is -0.0259. The number of ether oxygens (including phenoxy) is 1. The monoisotopic (exact) mass is 560 g/mol. The van der Waals surface area contributed by atoms with Crippen molar-refractivity contribution in [1.29, 1.82) is 0 Å². The molecule has 2 aliphatic heterocycles. The van der Waals surface area contributed by atoms with Gasteiger partial charge in [-0.2, -0.15) is 0 Å². The van der Waals surface area contributed by atoms with Gasteiger partial charge in [0.2, 0.25) is 5.91 Å². The molecular formula is C31H40N6O2S. The molecule has 2 saturated heterocycles. The van der Waals surface area contributed by atoms with Crippen LogP contribution >= 0.6 is 12.2 Å². The molecule has 2 aromatic heterocycles. The average molecular weight is 561 g/mol. The number of nitrogens with zero attached hydrogens (tertiary/aromatic N) is 4. The van der Waals surface area contributed by atoms with Gasteiger partial charge >= 0.3 is 0 Å². The third kappa shape index (κ3) is 6.54. The van der Waals surface area contributed by atoms with Crippen LogP contribution in [0.25, 0.3) is 0 Å². The lowest BCUT2D eigenvalue weighted by Gasteiger charge is -2.28. The number of carbonyl (C=O) groups excluding carboxylic acids is 1. The summed E-state index contributed by atoms with van der Waals surface area (Å²) in [7, 11) is 0. The molecule has 0 bridgehead atoms. The van der Waals surface area contributed by atoms with Crippen molar-refractivity contribution in [2.24, 2.45) is 0 Å². The second-order valence-electron chi connectivity index (χ2n) is 10.8. The zero-order valence-electron chi connectivity index (χ0n) is 23.7. The number of morpholine rings is 1. The molecule has 0 aliphatic carbocycles. The minimum absolute atomic E-state index is 0.0259. The van der Waals surface area contributed by atoms with E-state index in [1.54, 1.807) is 0 Å². The SMILES string of the molecule is Cc1cccc(NC(=O)CCN2C(=S)N[C@@H](c3ccccn3)[C@H]2c2cc(C)n(CCCN3CCOCC3)c2C)c1. The quantitative estimate of drug-likeness (QED) is 0.353. The van der Waals surface area contributed by atoms with Gasteiger partial charge in [0, 0.05) is 62.4 Å². The van der Waals surface area contributed by atoms with E-state index in [0.717, 1.165) is 62.8 Å². The van der Waals surface area contributed by atoms with Gasteiger partial charge in [-0.1, -0.05) is 18.2 Å². The van der Waals surface area contributed by atoms with Gasteiger partial charge in [0.1, 0.15) is 0 Å². The Hall–Kier alpha value is -3.27. The van der Waals surface area contributed by atoms with Gasteiger partial charge in [0.25, 0.3) is 0 Å². The van der Waals surface area contributed by atoms with Gasteiger partial charge in [0.05, 0.1) is 31.0 Å². The van der Waals surface area contributed by atoms with Crippen molar-refractivity contribution in [2.75, 3.05) is 44.7 Å². The van der Waals surface area contributed by atoms with Crippen LogP contribution in [0.3, 0.4) is 0 Å². The third-order valence-electron chi connectivity index (χ3n) is 7.97. The third-order valence-corrected chi connectivity index (χ3v) is 8.32. The van der Waals surface area contributed by atoms with E-state index in [1.165, 1.54) is 17.0 Å². The molecular weight excluding hydrogens is 520 g/mol. The van der Waals surface area contributed by atoms with Gasteiger partial charge in [-0.05, 0) is 80.9 Å². The summed E-state index contributed by atoms with van der Waals surface area (Å²) in [4.78, 5) is 22.3. The summed E-state index contributed by atoms with van der Waals surface area (Å²) >= 11 is 5.85. The number of nitrogens with one attached hydrogen (secondary N) is 2. The number of hydrogen-bond acceptors (Lipinski definition) is 5. The van der Waals surface area contributed by atoms with E-state index < -0.39 is 0 Å². The van der Waals surface area contributed by atoms with Crippen LogP contribution in [0.2, 0.25) is 0 Å². The van der Waals surface area contributed by atoms with Crippen LogP contribution in [0.15, 0.2) is 54.7 Å². The lowest BCUT2D eigenvalue weighted by atomic mass is 9.96. The zero-order chi connectivity index (χ0) is 28.1. The second-order valence-corrected chi connectivity index (χ2v) is 11.2. The van der Waals surface area contributed by atoms with Crippen molar-refractivity contribution in [1.82, 2.24) is 24.7 Å². The highest BCUT2D eigenvalue weighted by Crippen LogP contribution is 2.41. The van der Waals surface area contributed by atoms with Gasteiger partial charge < -0.3 is 24.8 Å². The van der Waals surface area contributed by atoms with Crippen molar-refractivity contribution in [3.05, 3.63) is 82.9 Å². The first-order valence-electron chi connectivity index (χ1n) is 14.2. The summed E-state index contributed by atoms with van der Waals surface area (Å²) < 4.78 is 7.92. The molecule has 2 N–H and O–H groups in total. The maximum absolute atomic E-state index is 12.9. The number of carbonyl (C=O) groups is 1. The van der Waals surface area contributed by atoms with Gasteiger partial charge in [-0.25, -0.2) is 0 Å². The van der Waals surface area contributed by atoms with Crippen LogP contribution in [-0.2, 0) is 16.1 Å². The summed E-state index contributed by atoms with van der Waals surface area (Å²) in [6, 6.07) is 16.0. The molecule has 2 fully saturated rings. The molecule has 4 heterocycles. The molecule has 0 saturated carbocycles. The van der Waals surface area contributed by atoms with E-state index in [-0.39, 0.29) is 18.0 Å². The Bertz CT molecular complexity index is 1320. The lowest BCUT2D eigenvalue weighted by molar-refractivity contribution is -0.116. The van der Waals surface area contributed by atoms with Crippen molar-refractivity contribution in [3.63, 3.8) is 0 Å². The molecule has 0 spiro atoms. The fraction of sp³-hybridized carbons (Fsp3) is 0.452. The molecule has 2 atom stereocenters. The molecule has 3 aromatic rings. The fourth-order valence-corrected chi connectivity index (χ4v) is 6.23. The van der Waals surface area contributed by atoms with Crippen LogP contribution in [0, 0.1) is 20.8 Å². The predicted octanol–water partition coefficient (Wildman–Crippen LogP) is 4.53. The molecule has 1 aromatic carbocycles. The highest BCUT2D eigenvalue weighted by atomic mass is 32.1. The van der Waals surface area contributed by atoms with Gasteiger partial charge in [0.15, 0.2) is 5.11 Å². The number of aromatic nitrogens is 2. The molecule has 1 amide bonds. The molecule has 212 valence electrons. The minimum Gasteiger partial charge on any atom is -0.379 e. The van der Waals surface area contributed by atoms with E-state index >= 15 is 0 Å². The first kappa shape index (κ1) is 28.3. The Kier molecular flexibility index (Phi) is 9.14. The summed E-state index contributed by atoms with van der Waals surface area (Å²) in [5, 5.41) is 7.22. The van der Waals surface area contributed by atoms with Crippen LogP contribution in [0.4, 0.5) is 5.69 Å². The molecule has 2 aliphatic rings. The molecule has 8 nitrogen and oxygen atoms in total. The van der Waals surface area contributed by atoms with Crippen molar-refractivity contribution in [2.45, 2.75) is 52.2 Å². The predicted molar refractivity (Wildman–Crippen MR) is 162 cm³/mol. The lowest BCUT2D eigenvalue weighted by Crippen LogP contribution is -2.37. The second kappa shape index (κ2) is 12.9. The van der Waals surface area contributed by atoms with E-state index in [1.807, 2.05) is 55.6 Å². The number of aryl methyl sites for hydroxylation is 2. The maximum atomic E-state index is 12.9. The summed E-state index contributed by atoms with van der Waals surface area (Å²) in [6.45, 7) is 12.6. The molecule has 0 unspecified atom stereocenters. The highest BCUT2D eigenvalue weighted by Gasteiger charge is 2.41. The molecule has 40 heavy (non-hydrogen) atoms. The smallest absolute Gasteiger partial charge is 0.226 e. The van der Waals surface area contributed by atoms with E-state index in [0.29, 0.717) is 18.1 Å². The minimum atomic E-state index is -0.101. The first-order valence-corrected chi connectivity index (χ1v) is 14.6. The number of pyridine rings is 1. The van der Waals surface area contributed by atoms with Gasteiger partial charge in [-0.3, -0.25) is 14.7 Å². The van der Waals surface area contributed by atoms with Crippen LogP contribution in [0.5, 0.6) is 0 Å². The molecule has 9 heteroatoms. The molecule has 5 rings (SSSR count). The van der Waals surface area contributed by atoms with Crippen molar-refractivity contribution < 1.29 is 9.53 Å². The fourth-order valence-electron chi connectivity index (χ4n) is 5.90. The average Bonchev–Trinajstić information content (AvgIpc) is 3.43. The zero-order valence-corrected chi connectivity index (χ0v) is 24.5. The van der Waals surface area contributed by atoms with Crippen LogP contribution in [-0.4, -0.2) is 69.8 Å². The number of anilines is 1. The Morgan fingerprint density at radius 2 is 1.90 bits per heavy atom. The number of amides is 1. The Labute approximate surface area is 242 Å². The number of thiocarbonyl (C=S) groups is 1. The van der Waals surface area contributed by atoms with Gasteiger partial charge in [-0.15, -0.1) is 0 Å². The Balaban J connectivity index is 1.34. The van der Waals surface area contributed by atoms with E-state index in [2.05, 4.69) is 49.9 Å². The summed E-state index contributed by atoms with van der Waals surface area (Å²) in [5.41, 5.74) is 6.58. The van der Waals surface area contributed by atoms with Crippen LogP contribution in [0.1, 0.15) is 53.1 Å². The first-order chi connectivity index (χ1) is 19.4. The normalized spacial score (nSPS) is 19.6. The summed E-state index contributed by atoms with van der Waals surface area (Å²) in [6.07, 6.45) is 3.24. The largest absolute Gasteiger partial charge is 0.379 e. The molecule has 0 radical (unpaired) electrons. The maximum Gasteiger partial charge on any atom is 0.226 e. The topological polar surface area (TPSA) is 74.7 Å². The number of benzene rings is 1. The highest BCUT2D eigenvalue weighted by molar-refractivity contribution is 7.80. The van der Waals surface area contributed by atoms with Crippen molar-refractivity contribution >= 4 is 28.9 Å². The van der Waals surface area contributed by atoms with E-state index in [9.17, 15) is 4.79 Å². The van der Waals surface area contributed by atoms with Crippen molar-refractivity contribution in [3.8, 4) is 0 Å². The standard InChI is InChI=1S/C31H40N6O2S/c1-22-8-6-9-25(20-22)33-28(38)11-15-37-30(29(34-31(37)40)27-10-4-5-12-32-27)26-21-23(2)36(24(26)3)14-7-13-35-16-18-39-19-17-35/h4-6,8-10,12,20-21,29-30H,7,11,13-19H2,1-3H3,(H,33,38)(H,34,40)/t29-,30+/m0/s1. The van der Waals surface area contributed by atoms with E-state index in [4.69, 9.17) is 17.0 Å². The van der Waals surface area contributed by atoms with Crippen LogP contribution < -0.4 is 10.6 Å². The number of rotatable bonds is 10. The number of hydrogen-bond donors (Lipinski definition) is 2. The Morgan fingerprint density at radius 3 is 2.65 bits per heavy atom. The Morgan fingerprint density at radius 1 is 1.07 bits per heavy atom.